The van der Waals surface area contributed by atoms with Crippen molar-refractivity contribution in [3.63, 3.8) is 0 Å². The van der Waals surface area contributed by atoms with E-state index < -0.39 is 6.04 Å². The van der Waals surface area contributed by atoms with Gasteiger partial charge < -0.3 is 16.0 Å². The molecule has 0 aliphatic heterocycles. The first-order valence-corrected chi connectivity index (χ1v) is 10.0. The van der Waals surface area contributed by atoms with E-state index in [2.05, 4.69) is 28.1 Å². The van der Waals surface area contributed by atoms with Gasteiger partial charge in [0.1, 0.15) is 6.04 Å². The van der Waals surface area contributed by atoms with Crippen molar-refractivity contribution in [2.24, 2.45) is 5.92 Å². The van der Waals surface area contributed by atoms with Gasteiger partial charge >= 0.3 is 6.03 Å². The van der Waals surface area contributed by atoms with Gasteiger partial charge in [-0.15, -0.1) is 0 Å². The zero-order valence-electron chi connectivity index (χ0n) is 16.6. The molecule has 0 saturated heterocycles. The average molecular weight is 380 g/mol. The Kier molecular flexibility index (Phi) is 6.69. The zero-order valence-corrected chi connectivity index (χ0v) is 16.6. The molecular formula is C23H29N3O2. The van der Waals surface area contributed by atoms with E-state index in [-0.39, 0.29) is 23.9 Å². The summed E-state index contributed by atoms with van der Waals surface area (Å²) in [7, 11) is 0. The lowest BCUT2D eigenvalue weighted by atomic mass is 9.87. The second-order valence-electron chi connectivity index (χ2n) is 7.69. The Balaban J connectivity index is 1.59. The molecule has 0 saturated carbocycles. The molecule has 0 spiro atoms. The number of benzene rings is 2. The molecule has 3 amide bonds. The number of nitrogens with one attached hydrogen (secondary N) is 3. The first kappa shape index (κ1) is 19.9. The van der Waals surface area contributed by atoms with Crippen LogP contribution in [0.5, 0.6) is 0 Å². The molecule has 1 aliphatic rings. The van der Waals surface area contributed by atoms with Crippen molar-refractivity contribution in [3.05, 3.63) is 71.3 Å². The van der Waals surface area contributed by atoms with Crippen molar-refractivity contribution >= 4 is 11.9 Å². The van der Waals surface area contributed by atoms with E-state index in [0.29, 0.717) is 6.54 Å². The fraction of sp³-hybridized carbons (Fsp3) is 0.391. The van der Waals surface area contributed by atoms with Gasteiger partial charge in [0.15, 0.2) is 0 Å². The van der Waals surface area contributed by atoms with Crippen LogP contribution in [0.1, 0.15) is 49.4 Å². The molecule has 0 bridgehead atoms. The topological polar surface area (TPSA) is 70.2 Å². The van der Waals surface area contributed by atoms with E-state index in [9.17, 15) is 9.59 Å². The van der Waals surface area contributed by atoms with E-state index in [0.717, 1.165) is 24.8 Å². The number of urea groups is 1. The zero-order chi connectivity index (χ0) is 19.9. The Morgan fingerprint density at radius 3 is 2.50 bits per heavy atom. The highest BCUT2D eigenvalue weighted by atomic mass is 16.2. The van der Waals surface area contributed by atoms with Gasteiger partial charge in [-0.3, -0.25) is 4.79 Å². The summed E-state index contributed by atoms with van der Waals surface area (Å²) in [5.74, 6) is -0.145. The number of hydrogen-bond donors (Lipinski definition) is 3. The average Bonchev–Trinajstić information content (AvgIpc) is 2.71. The van der Waals surface area contributed by atoms with Gasteiger partial charge in [0.05, 0.1) is 6.04 Å². The molecule has 5 nitrogen and oxygen atoms in total. The quantitative estimate of drug-likeness (QED) is 0.716. The molecule has 2 atom stereocenters. The minimum atomic E-state index is -0.579. The minimum absolute atomic E-state index is 0.00730. The first-order valence-electron chi connectivity index (χ1n) is 10.0. The predicted molar refractivity (Wildman–Crippen MR) is 111 cm³/mol. The van der Waals surface area contributed by atoms with Crippen LogP contribution < -0.4 is 16.0 Å². The van der Waals surface area contributed by atoms with Gasteiger partial charge in [0, 0.05) is 6.54 Å². The summed E-state index contributed by atoms with van der Waals surface area (Å²) in [6.07, 6.45) is 3.03. The number of carbonyl (C=O) groups is 2. The molecule has 2 aromatic rings. The van der Waals surface area contributed by atoms with Crippen molar-refractivity contribution in [2.75, 3.05) is 0 Å². The van der Waals surface area contributed by atoms with Crippen LogP contribution in [0.25, 0.3) is 0 Å². The van der Waals surface area contributed by atoms with E-state index in [1.54, 1.807) is 0 Å². The third-order valence-corrected chi connectivity index (χ3v) is 5.22. The van der Waals surface area contributed by atoms with Crippen LogP contribution in [-0.4, -0.2) is 18.0 Å². The molecule has 2 aromatic carbocycles. The Morgan fingerprint density at radius 1 is 1.04 bits per heavy atom. The number of hydrogen-bond acceptors (Lipinski definition) is 2. The highest BCUT2D eigenvalue weighted by Crippen LogP contribution is 2.29. The number of amides is 3. The number of carbonyl (C=O) groups excluding carboxylic acids is 2. The van der Waals surface area contributed by atoms with Crippen LogP contribution in [0.3, 0.4) is 0 Å². The van der Waals surface area contributed by atoms with Crippen LogP contribution >= 0.6 is 0 Å². The van der Waals surface area contributed by atoms with Crippen molar-refractivity contribution in [3.8, 4) is 0 Å². The maximum Gasteiger partial charge on any atom is 0.315 e. The van der Waals surface area contributed by atoms with Gasteiger partial charge in [-0.05, 0) is 41.9 Å². The molecule has 3 N–H and O–H groups in total. The van der Waals surface area contributed by atoms with Gasteiger partial charge in [0.2, 0.25) is 5.91 Å². The van der Waals surface area contributed by atoms with E-state index in [1.807, 2.05) is 56.3 Å². The molecule has 0 radical (unpaired) electrons. The number of fused-ring (bicyclic) bond motifs is 1. The van der Waals surface area contributed by atoms with E-state index in [4.69, 9.17) is 0 Å². The summed E-state index contributed by atoms with van der Waals surface area (Å²) in [5.41, 5.74) is 3.51. The molecule has 2 unspecified atom stereocenters. The van der Waals surface area contributed by atoms with Gasteiger partial charge in [0.25, 0.3) is 0 Å². The van der Waals surface area contributed by atoms with Crippen molar-refractivity contribution in [1.82, 2.24) is 16.0 Å². The smallest absolute Gasteiger partial charge is 0.315 e. The fourth-order valence-electron chi connectivity index (χ4n) is 3.67. The van der Waals surface area contributed by atoms with Gasteiger partial charge in [-0.25, -0.2) is 4.79 Å². The molecule has 3 rings (SSSR count). The molecule has 28 heavy (non-hydrogen) atoms. The SMILES string of the molecule is CC(C)C(NC(=O)NCc1ccccc1)C(=O)NC1CCCc2ccccc21. The highest BCUT2D eigenvalue weighted by Gasteiger charge is 2.28. The Morgan fingerprint density at radius 2 is 1.75 bits per heavy atom. The van der Waals surface area contributed by atoms with Crippen molar-refractivity contribution in [2.45, 2.75) is 51.7 Å². The maximum absolute atomic E-state index is 12.9. The summed E-state index contributed by atoms with van der Waals surface area (Å²) in [6, 6.07) is 17.1. The molecule has 0 aromatic heterocycles. The Hall–Kier alpha value is -2.82. The standard InChI is InChI=1S/C23H29N3O2/c1-16(2)21(26-23(28)24-15-17-9-4-3-5-10-17)22(27)25-20-14-8-12-18-11-6-7-13-19(18)20/h3-7,9-11,13,16,20-21H,8,12,14-15H2,1-2H3,(H,25,27)(H2,24,26,28). The predicted octanol–water partition coefficient (Wildman–Crippen LogP) is 3.70. The minimum Gasteiger partial charge on any atom is -0.347 e. The molecule has 0 heterocycles. The highest BCUT2D eigenvalue weighted by molar-refractivity contribution is 5.87. The van der Waals surface area contributed by atoms with Crippen LogP contribution in [0, 0.1) is 5.92 Å². The van der Waals surface area contributed by atoms with Crippen molar-refractivity contribution in [1.29, 1.82) is 0 Å². The third-order valence-electron chi connectivity index (χ3n) is 5.22. The molecule has 0 fully saturated rings. The largest absolute Gasteiger partial charge is 0.347 e. The summed E-state index contributed by atoms with van der Waals surface area (Å²) in [5, 5.41) is 8.82. The number of aryl methyl sites for hydroxylation is 1. The lowest BCUT2D eigenvalue weighted by Crippen LogP contribution is -2.53. The number of rotatable bonds is 6. The second-order valence-corrected chi connectivity index (χ2v) is 7.69. The van der Waals surface area contributed by atoms with E-state index >= 15 is 0 Å². The van der Waals surface area contributed by atoms with E-state index in [1.165, 1.54) is 11.1 Å². The first-order chi connectivity index (χ1) is 13.5. The summed E-state index contributed by atoms with van der Waals surface area (Å²) < 4.78 is 0. The Labute approximate surface area is 166 Å². The van der Waals surface area contributed by atoms with Gasteiger partial charge in [-0.2, -0.15) is 0 Å². The lowest BCUT2D eigenvalue weighted by Gasteiger charge is -2.29. The normalized spacial score (nSPS) is 16.8. The monoisotopic (exact) mass is 379 g/mol. The van der Waals surface area contributed by atoms with Crippen LogP contribution in [-0.2, 0) is 17.8 Å². The van der Waals surface area contributed by atoms with Crippen LogP contribution in [0.4, 0.5) is 4.79 Å². The fourth-order valence-corrected chi connectivity index (χ4v) is 3.67. The van der Waals surface area contributed by atoms with Crippen molar-refractivity contribution < 1.29 is 9.59 Å². The molecule has 5 heteroatoms. The molecule has 148 valence electrons. The summed E-state index contributed by atoms with van der Waals surface area (Å²) in [4.78, 5) is 25.2. The molecule has 1 aliphatic carbocycles. The maximum atomic E-state index is 12.9. The second kappa shape index (κ2) is 9.40. The third kappa shape index (κ3) is 5.12. The summed E-state index contributed by atoms with van der Waals surface area (Å²) >= 11 is 0. The summed E-state index contributed by atoms with van der Waals surface area (Å²) in [6.45, 7) is 4.31. The van der Waals surface area contributed by atoms with Crippen LogP contribution in [0.2, 0.25) is 0 Å². The molecular weight excluding hydrogens is 350 g/mol. The van der Waals surface area contributed by atoms with Crippen LogP contribution in [0.15, 0.2) is 54.6 Å². The lowest BCUT2D eigenvalue weighted by molar-refractivity contribution is -0.124. The van der Waals surface area contributed by atoms with Gasteiger partial charge in [-0.1, -0.05) is 68.4 Å². The Bertz CT molecular complexity index is 805.